The zero-order valence-electron chi connectivity index (χ0n) is 14.7. The molecule has 10 heteroatoms. The van der Waals surface area contributed by atoms with Gasteiger partial charge in [0.2, 0.25) is 5.91 Å². The summed E-state index contributed by atoms with van der Waals surface area (Å²) in [5, 5.41) is 0.228. The molecule has 148 valence electrons. The maximum atomic E-state index is 12.0. The molecule has 1 unspecified atom stereocenters. The van der Waals surface area contributed by atoms with E-state index in [4.69, 9.17) is 27.6 Å². The largest absolute Gasteiger partial charge is 0.417 e. The van der Waals surface area contributed by atoms with Crippen molar-refractivity contribution in [2.75, 3.05) is 12.8 Å². The Morgan fingerprint density at radius 1 is 1.07 bits per heavy atom. The summed E-state index contributed by atoms with van der Waals surface area (Å²) >= 11 is 11.4. The van der Waals surface area contributed by atoms with E-state index in [2.05, 4.69) is 4.98 Å². The molecule has 0 radical (unpaired) electrons. The number of fused-ring (bicyclic) bond motifs is 1. The Labute approximate surface area is 170 Å². The number of nitrogens with one attached hydrogen (secondary N) is 1. The van der Waals surface area contributed by atoms with Gasteiger partial charge in [0.25, 0.3) is 0 Å². The number of carbonyl (C=O) groups excluding carboxylic acids is 1. The molecular formula is C18H16Cl2N2O5S. The number of nitrogens with zero attached hydrogens (tertiary/aromatic N) is 1. The number of carbonyl (C=O) groups is 1. The SMILES string of the molecule is CN1C(=O)CCS(=O)(=O)C1c1ccc(Cl)cc1.O=c1[nH]c2cc(Cl)ccc2o1. The van der Waals surface area contributed by atoms with Crippen molar-refractivity contribution >= 4 is 50.0 Å². The quantitative estimate of drug-likeness (QED) is 0.622. The lowest BCUT2D eigenvalue weighted by molar-refractivity contribution is -0.130. The maximum absolute atomic E-state index is 12.0. The highest BCUT2D eigenvalue weighted by molar-refractivity contribution is 7.91. The molecule has 1 amide bonds. The minimum Gasteiger partial charge on any atom is -0.408 e. The molecule has 1 fully saturated rings. The van der Waals surface area contributed by atoms with Gasteiger partial charge in [-0.3, -0.25) is 9.78 Å². The van der Waals surface area contributed by atoms with Crippen LogP contribution in [0.15, 0.2) is 51.7 Å². The first-order valence-electron chi connectivity index (χ1n) is 8.18. The highest BCUT2D eigenvalue weighted by Gasteiger charge is 2.38. The Bertz CT molecular complexity index is 1170. The molecule has 3 aromatic rings. The molecule has 0 bridgehead atoms. The minimum absolute atomic E-state index is 0.0585. The number of sulfone groups is 1. The molecule has 4 rings (SSSR count). The fourth-order valence-corrected chi connectivity index (χ4v) is 5.02. The molecule has 1 aliphatic heterocycles. The van der Waals surface area contributed by atoms with Crippen LogP contribution in [-0.4, -0.2) is 37.0 Å². The Morgan fingerprint density at radius 3 is 2.39 bits per heavy atom. The van der Waals surface area contributed by atoms with E-state index in [0.29, 0.717) is 26.7 Å². The lowest BCUT2D eigenvalue weighted by atomic mass is 10.2. The normalized spacial score (nSPS) is 18.6. The average molecular weight is 443 g/mol. The smallest absolute Gasteiger partial charge is 0.408 e. The van der Waals surface area contributed by atoms with Crippen molar-refractivity contribution in [2.45, 2.75) is 11.8 Å². The van der Waals surface area contributed by atoms with E-state index < -0.39 is 21.0 Å². The molecule has 28 heavy (non-hydrogen) atoms. The van der Waals surface area contributed by atoms with Crippen molar-refractivity contribution < 1.29 is 17.6 Å². The Morgan fingerprint density at radius 2 is 1.71 bits per heavy atom. The molecule has 2 aromatic carbocycles. The van der Waals surface area contributed by atoms with E-state index in [0.717, 1.165) is 0 Å². The highest BCUT2D eigenvalue weighted by Crippen LogP contribution is 2.31. The van der Waals surface area contributed by atoms with Crippen LogP contribution in [0.5, 0.6) is 0 Å². The summed E-state index contributed by atoms with van der Waals surface area (Å²) in [5.74, 6) is -0.703. The number of aromatic nitrogens is 1. The van der Waals surface area contributed by atoms with Gasteiger partial charge in [-0.1, -0.05) is 35.3 Å². The second-order valence-electron chi connectivity index (χ2n) is 6.18. The zero-order chi connectivity index (χ0) is 20.5. The Kier molecular flexibility index (Phi) is 5.83. The first kappa shape index (κ1) is 20.4. The third-order valence-electron chi connectivity index (χ3n) is 4.22. The van der Waals surface area contributed by atoms with Crippen LogP contribution in [0.25, 0.3) is 11.1 Å². The second kappa shape index (κ2) is 7.98. The molecule has 0 aliphatic carbocycles. The minimum atomic E-state index is -3.31. The number of hydrogen-bond donors (Lipinski definition) is 1. The lowest BCUT2D eigenvalue weighted by Gasteiger charge is -2.32. The molecule has 7 nitrogen and oxygen atoms in total. The van der Waals surface area contributed by atoms with Crippen molar-refractivity contribution in [3.63, 3.8) is 0 Å². The molecule has 1 aromatic heterocycles. The molecule has 0 spiro atoms. The summed E-state index contributed by atoms with van der Waals surface area (Å²) in [6.07, 6.45) is 0.0585. The van der Waals surface area contributed by atoms with Crippen LogP contribution in [0, 0.1) is 0 Å². The predicted octanol–water partition coefficient (Wildman–Crippen LogP) is 3.39. The van der Waals surface area contributed by atoms with Crippen LogP contribution < -0.4 is 5.76 Å². The number of hydrogen-bond acceptors (Lipinski definition) is 5. The predicted molar refractivity (Wildman–Crippen MR) is 107 cm³/mol. The van der Waals surface area contributed by atoms with Crippen molar-refractivity contribution in [3.8, 4) is 0 Å². The van der Waals surface area contributed by atoms with Crippen LogP contribution in [0.4, 0.5) is 0 Å². The highest BCUT2D eigenvalue weighted by atomic mass is 35.5. The van der Waals surface area contributed by atoms with E-state index in [1.165, 1.54) is 11.9 Å². The fourth-order valence-electron chi connectivity index (χ4n) is 2.87. The monoisotopic (exact) mass is 442 g/mol. The van der Waals surface area contributed by atoms with E-state index in [1.807, 2.05) is 0 Å². The zero-order valence-corrected chi connectivity index (χ0v) is 17.0. The van der Waals surface area contributed by atoms with Crippen LogP contribution in [0.3, 0.4) is 0 Å². The van der Waals surface area contributed by atoms with Gasteiger partial charge >= 0.3 is 5.76 Å². The molecule has 1 N–H and O–H groups in total. The molecule has 2 heterocycles. The average Bonchev–Trinajstić information content (AvgIpc) is 3.00. The first-order valence-corrected chi connectivity index (χ1v) is 10.7. The van der Waals surface area contributed by atoms with Gasteiger partial charge in [0.15, 0.2) is 20.8 Å². The second-order valence-corrected chi connectivity index (χ2v) is 9.23. The molecule has 1 saturated heterocycles. The summed E-state index contributed by atoms with van der Waals surface area (Å²) in [6, 6.07) is 11.5. The fraction of sp³-hybridized carbons (Fsp3) is 0.222. The first-order chi connectivity index (χ1) is 13.2. The summed E-state index contributed by atoms with van der Waals surface area (Å²) in [6.45, 7) is 0. The van der Waals surface area contributed by atoms with Crippen molar-refractivity contribution in [2.24, 2.45) is 0 Å². The van der Waals surface area contributed by atoms with E-state index >= 15 is 0 Å². The van der Waals surface area contributed by atoms with E-state index in [-0.39, 0.29) is 18.1 Å². The summed E-state index contributed by atoms with van der Waals surface area (Å²) in [4.78, 5) is 26.0. The van der Waals surface area contributed by atoms with Crippen molar-refractivity contribution in [1.29, 1.82) is 0 Å². The number of oxazole rings is 1. The number of rotatable bonds is 1. The van der Waals surface area contributed by atoms with Gasteiger partial charge < -0.3 is 9.32 Å². The molecular weight excluding hydrogens is 427 g/mol. The topological polar surface area (TPSA) is 100 Å². The summed E-state index contributed by atoms with van der Waals surface area (Å²) in [7, 11) is -1.80. The van der Waals surface area contributed by atoms with Gasteiger partial charge in [-0.2, -0.15) is 0 Å². The van der Waals surface area contributed by atoms with Gasteiger partial charge in [-0.05, 0) is 35.9 Å². The van der Waals surface area contributed by atoms with Gasteiger partial charge in [0.1, 0.15) is 0 Å². The van der Waals surface area contributed by atoms with Crippen molar-refractivity contribution in [1.82, 2.24) is 9.88 Å². The standard InChI is InChI=1S/C11H12ClNO3S.C7H4ClNO2/c1-13-10(14)6-7-17(15,16)11(13)8-2-4-9(12)5-3-8;8-4-1-2-6-5(3-4)9-7(10)11-6/h2-5,11H,6-7H2,1H3;1-3H,(H,9,10). The number of H-pyrrole nitrogens is 1. The van der Waals surface area contributed by atoms with E-state index in [9.17, 15) is 18.0 Å². The van der Waals surface area contributed by atoms with Crippen LogP contribution in [0.2, 0.25) is 10.0 Å². The number of amides is 1. The number of aromatic amines is 1. The molecule has 1 aliphatic rings. The van der Waals surface area contributed by atoms with Crippen molar-refractivity contribution in [3.05, 3.63) is 68.6 Å². The summed E-state index contributed by atoms with van der Waals surface area (Å²) in [5.41, 5.74) is 1.73. The van der Waals surface area contributed by atoms with Crippen LogP contribution >= 0.6 is 23.2 Å². The number of benzene rings is 2. The van der Waals surface area contributed by atoms with Gasteiger partial charge in [0, 0.05) is 23.5 Å². The number of halogens is 2. The Balaban J connectivity index is 0.000000176. The lowest BCUT2D eigenvalue weighted by Crippen LogP contribution is -2.42. The van der Waals surface area contributed by atoms with Gasteiger partial charge in [-0.25, -0.2) is 13.2 Å². The third kappa shape index (κ3) is 4.40. The van der Waals surface area contributed by atoms with Gasteiger partial charge in [0.05, 0.1) is 11.3 Å². The third-order valence-corrected chi connectivity index (χ3v) is 6.75. The van der Waals surface area contributed by atoms with E-state index in [1.54, 1.807) is 42.5 Å². The molecule has 0 saturated carbocycles. The van der Waals surface area contributed by atoms with Gasteiger partial charge in [-0.15, -0.1) is 0 Å². The van der Waals surface area contributed by atoms with Crippen LogP contribution in [-0.2, 0) is 14.6 Å². The Hall–Kier alpha value is -2.29. The molecule has 1 atom stereocenters. The maximum Gasteiger partial charge on any atom is 0.417 e. The summed E-state index contributed by atoms with van der Waals surface area (Å²) < 4.78 is 28.7. The van der Waals surface area contributed by atoms with Crippen LogP contribution in [0.1, 0.15) is 17.4 Å².